The number of aryl methyl sites for hydroxylation is 1. The molecule has 1 aliphatic heterocycles. The van der Waals surface area contributed by atoms with Gasteiger partial charge in [0.1, 0.15) is 11.6 Å². The quantitative estimate of drug-likeness (QED) is 0.872. The summed E-state index contributed by atoms with van der Waals surface area (Å²) in [6.45, 7) is 3.04. The number of aliphatic hydroxyl groups excluding tert-OH is 1. The molecule has 1 fully saturated rings. The number of hydrogen-bond acceptors (Lipinski definition) is 5. The van der Waals surface area contributed by atoms with Crippen LogP contribution in [-0.2, 0) is 13.0 Å². The third kappa shape index (κ3) is 3.66. The second-order valence-electron chi connectivity index (χ2n) is 6.15. The fourth-order valence-corrected chi connectivity index (χ4v) is 3.26. The average Bonchev–Trinajstić information content (AvgIpc) is 2.94. The number of nitrogens with one attached hydrogen (secondary N) is 1. The van der Waals surface area contributed by atoms with Gasteiger partial charge in [0.05, 0.1) is 19.8 Å². The molecule has 0 saturated carbocycles. The van der Waals surface area contributed by atoms with E-state index < -0.39 is 0 Å². The lowest BCUT2D eigenvalue weighted by Gasteiger charge is -2.24. The summed E-state index contributed by atoms with van der Waals surface area (Å²) in [5.41, 5.74) is 1.75. The zero-order chi connectivity index (χ0) is 17.1. The Morgan fingerprint density at radius 1 is 1.42 bits per heavy atom. The first kappa shape index (κ1) is 16.7. The molecule has 2 aromatic rings. The van der Waals surface area contributed by atoms with Crippen molar-refractivity contribution in [1.29, 1.82) is 0 Å². The Labute approximate surface area is 141 Å². The largest absolute Gasteiger partial charge is 0.497 e. The van der Waals surface area contributed by atoms with Crippen LogP contribution < -0.4 is 10.3 Å². The molecule has 0 amide bonds. The van der Waals surface area contributed by atoms with Crippen molar-refractivity contribution in [3.63, 3.8) is 0 Å². The van der Waals surface area contributed by atoms with Gasteiger partial charge < -0.3 is 14.8 Å². The Morgan fingerprint density at radius 2 is 2.25 bits per heavy atom. The number of likely N-dealkylation sites (tertiary alicyclic amines) is 1. The minimum Gasteiger partial charge on any atom is -0.497 e. The Bertz CT molecular complexity index is 759. The lowest BCUT2D eigenvalue weighted by molar-refractivity contribution is 0.171. The molecule has 0 bridgehead atoms. The number of hydrogen-bond donors (Lipinski definition) is 2. The number of ether oxygens (including phenoxy) is 1. The van der Waals surface area contributed by atoms with Crippen molar-refractivity contribution in [3.05, 3.63) is 57.8 Å². The lowest BCUT2D eigenvalue weighted by Crippen LogP contribution is -2.27. The third-order valence-electron chi connectivity index (χ3n) is 4.42. The van der Waals surface area contributed by atoms with E-state index in [1.165, 1.54) is 6.07 Å². The van der Waals surface area contributed by atoms with E-state index in [0.717, 1.165) is 23.4 Å². The number of aromatic nitrogens is 2. The Hall–Kier alpha value is -2.18. The monoisotopic (exact) mass is 329 g/mol. The van der Waals surface area contributed by atoms with Crippen LogP contribution in [0.1, 0.15) is 36.5 Å². The molecule has 128 valence electrons. The molecule has 6 heteroatoms. The molecule has 6 nitrogen and oxygen atoms in total. The van der Waals surface area contributed by atoms with Gasteiger partial charge in [-0.15, -0.1) is 0 Å². The van der Waals surface area contributed by atoms with Crippen molar-refractivity contribution in [2.45, 2.75) is 38.5 Å². The normalized spacial score (nSPS) is 21.1. The van der Waals surface area contributed by atoms with E-state index >= 15 is 0 Å². The predicted octanol–water partition coefficient (Wildman–Crippen LogP) is 1.65. The second-order valence-corrected chi connectivity index (χ2v) is 6.15. The van der Waals surface area contributed by atoms with Crippen LogP contribution >= 0.6 is 0 Å². The maximum atomic E-state index is 11.8. The van der Waals surface area contributed by atoms with Gasteiger partial charge in [-0.2, -0.15) is 0 Å². The van der Waals surface area contributed by atoms with Gasteiger partial charge in [-0.05, 0) is 30.5 Å². The van der Waals surface area contributed by atoms with E-state index in [2.05, 4.69) is 14.9 Å². The number of β-amino-alcohol motifs (C(OH)–C–C–N with tert-alkyl or cyclic N) is 1. The highest BCUT2D eigenvalue weighted by atomic mass is 16.5. The zero-order valence-electron chi connectivity index (χ0n) is 14.0. The Morgan fingerprint density at radius 3 is 3.00 bits per heavy atom. The van der Waals surface area contributed by atoms with Crippen LogP contribution in [0, 0.1) is 0 Å². The number of methoxy groups -OCH3 is 1. The molecule has 0 unspecified atom stereocenters. The van der Waals surface area contributed by atoms with Crippen molar-refractivity contribution in [2.24, 2.45) is 0 Å². The summed E-state index contributed by atoms with van der Waals surface area (Å²) in [7, 11) is 1.64. The summed E-state index contributed by atoms with van der Waals surface area (Å²) < 4.78 is 5.30. The summed E-state index contributed by atoms with van der Waals surface area (Å²) in [4.78, 5) is 21.2. The van der Waals surface area contributed by atoms with Crippen LogP contribution in [0.3, 0.4) is 0 Å². The first-order valence-corrected chi connectivity index (χ1v) is 8.24. The van der Waals surface area contributed by atoms with Crippen molar-refractivity contribution in [1.82, 2.24) is 14.9 Å². The molecule has 0 spiro atoms. The van der Waals surface area contributed by atoms with Crippen LogP contribution in [0.2, 0.25) is 0 Å². The van der Waals surface area contributed by atoms with Gasteiger partial charge in [-0.25, -0.2) is 4.98 Å². The standard InChI is InChI=1S/C18H23N3O3/c1-3-13-8-18(23)20-17(19-13)11-21-10-14(22)9-16(21)12-5-4-6-15(7-12)24-2/h4-8,14,16,22H,3,9-11H2,1-2H3,(H,19,20,23)/t14-,16-/m1/s1. The van der Waals surface area contributed by atoms with Crippen LogP contribution in [0.25, 0.3) is 0 Å². The van der Waals surface area contributed by atoms with E-state index in [-0.39, 0.29) is 17.7 Å². The SMILES string of the molecule is CCc1cc(=O)[nH]c(CN2C[C@H](O)C[C@@H]2c2cccc(OC)c2)n1. The van der Waals surface area contributed by atoms with Crippen molar-refractivity contribution >= 4 is 0 Å². The van der Waals surface area contributed by atoms with Crippen LogP contribution in [0.15, 0.2) is 35.1 Å². The van der Waals surface area contributed by atoms with Gasteiger partial charge >= 0.3 is 0 Å². The maximum absolute atomic E-state index is 11.8. The summed E-state index contributed by atoms with van der Waals surface area (Å²) in [6, 6.07) is 9.50. The summed E-state index contributed by atoms with van der Waals surface area (Å²) >= 11 is 0. The van der Waals surface area contributed by atoms with Gasteiger partial charge in [0.25, 0.3) is 5.56 Å². The minimum absolute atomic E-state index is 0.0747. The molecule has 24 heavy (non-hydrogen) atoms. The summed E-state index contributed by atoms with van der Waals surface area (Å²) in [5, 5.41) is 10.1. The number of aliphatic hydroxyl groups is 1. The summed E-state index contributed by atoms with van der Waals surface area (Å²) in [6.07, 6.45) is 0.992. The number of H-pyrrole nitrogens is 1. The van der Waals surface area contributed by atoms with E-state index in [1.54, 1.807) is 7.11 Å². The van der Waals surface area contributed by atoms with E-state index in [1.807, 2.05) is 31.2 Å². The number of nitrogens with zero attached hydrogens (tertiary/aromatic N) is 2. The molecule has 0 radical (unpaired) electrons. The molecule has 1 aliphatic rings. The highest BCUT2D eigenvalue weighted by Gasteiger charge is 2.32. The predicted molar refractivity (Wildman–Crippen MR) is 91.0 cm³/mol. The van der Waals surface area contributed by atoms with Crippen LogP contribution in [0.4, 0.5) is 0 Å². The maximum Gasteiger partial charge on any atom is 0.251 e. The Kier molecular flexibility index (Phi) is 4.97. The van der Waals surface area contributed by atoms with Crippen LogP contribution in [0.5, 0.6) is 5.75 Å². The summed E-state index contributed by atoms with van der Waals surface area (Å²) in [5.74, 6) is 1.44. The molecule has 1 saturated heterocycles. The molecule has 2 N–H and O–H groups in total. The first-order valence-electron chi connectivity index (χ1n) is 8.24. The third-order valence-corrected chi connectivity index (χ3v) is 4.42. The average molecular weight is 329 g/mol. The van der Waals surface area contributed by atoms with Gasteiger partial charge in [-0.1, -0.05) is 19.1 Å². The van der Waals surface area contributed by atoms with Gasteiger partial charge in [0.15, 0.2) is 0 Å². The van der Waals surface area contributed by atoms with Crippen molar-refractivity contribution < 1.29 is 9.84 Å². The topological polar surface area (TPSA) is 78.5 Å². The van der Waals surface area contributed by atoms with E-state index in [9.17, 15) is 9.90 Å². The van der Waals surface area contributed by atoms with Gasteiger partial charge in [0.2, 0.25) is 0 Å². The lowest BCUT2D eigenvalue weighted by atomic mass is 10.0. The fourth-order valence-electron chi connectivity index (χ4n) is 3.26. The molecule has 0 aliphatic carbocycles. The molecule has 2 atom stereocenters. The number of rotatable bonds is 5. The van der Waals surface area contributed by atoms with Crippen LogP contribution in [-0.4, -0.2) is 39.7 Å². The smallest absolute Gasteiger partial charge is 0.251 e. The minimum atomic E-state index is -0.387. The van der Waals surface area contributed by atoms with Gasteiger partial charge in [-0.3, -0.25) is 9.69 Å². The van der Waals surface area contributed by atoms with Crippen molar-refractivity contribution in [3.8, 4) is 5.75 Å². The van der Waals surface area contributed by atoms with E-state index in [0.29, 0.717) is 25.3 Å². The molecule has 1 aromatic heterocycles. The first-order chi connectivity index (χ1) is 11.6. The fraction of sp³-hybridized carbons (Fsp3) is 0.444. The molecular weight excluding hydrogens is 306 g/mol. The zero-order valence-corrected chi connectivity index (χ0v) is 14.0. The Balaban J connectivity index is 1.85. The highest BCUT2D eigenvalue weighted by molar-refractivity contribution is 5.31. The van der Waals surface area contributed by atoms with Crippen molar-refractivity contribution in [2.75, 3.05) is 13.7 Å². The van der Waals surface area contributed by atoms with Gasteiger partial charge in [0, 0.05) is 24.3 Å². The highest BCUT2D eigenvalue weighted by Crippen LogP contribution is 2.34. The number of aromatic amines is 1. The molecular formula is C18H23N3O3. The molecule has 2 heterocycles. The second kappa shape index (κ2) is 7.15. The molecule has 1 aromatic carbocycles. The number of benzene rings is 1. The molecule has 3 rings (SSSR count). The van der Waals surface area contributed by atoms with E-state index in [4.69, 9.17) is 4.74 Å².